The highest BCUT2D eigenvalue weighted by Gasteiger charge is 2.42. The Morgan fingerprint density at radius 3 is 2.41 bits per heavy atom. The van der Waals surface area contributed by atoms with Crippen LogP contribution in [0.4, 0.5) is 0 Å². The van der Waals surface area contributed by atoms with Crippen molar-refractivity contribution >= 4 is 30.7 Å². The van der Waals surface area contributed by atoms with Gasteiger partial charge in [0.2, 0.25) is 0 Å². The number of halogens is 2. The minimum atomic E-state index is -0.0132. The van der Waals surface area contributed by atoms with Gasteiger partial charge in [0.05, 0.1) is 7.11 Å². The Hall–Kier alpha value is -1.73. The molecule has 2 fully saturated rings. The second-order valence-electron chi connectivity index (χ2n) is 7.52. The predicted molar refractivity (Wildman–Crippen MR) is 119 cm³/mol. The first kappa shape index (κ1) is 23.5. The molecule has 1 amide bonds. The molecular formula is C21H29Cl2N3O3. The number of nitrogens with one attached hydrogen (secondary N) is 1. The van der Waals surface area contributed by atoms with Crippen molar-refractivity contribution in [2.45, 2.75) is 18.4 Å². The van der Waals surface area contributed by atoms with Crippen LogP contribution in [0.25, 0.3) is 11.3 Å². The number of hydrogen-bond donors (Lipinski definition) is 1. The Kier molecular flexibility index (Phi) is 8.00. The predicted octanol–water partition coefficient (Wildman–Crippen LogP) is 3.31. The van der Waals surface area contributed by atoms with Crippen molar-refractivity contribution in [1.82, 2.24) is 15.1 Å². The molecule has 2 aliphatic rings. The van der Waals surface area contributed by atoms with E-state index in [1.807, 2.05) is 35.2 Å². The van der Waals surface area contributed by atoms with Crippen LogP contribution in [0.15, 0.2) is 40.8 Å². The molecule has 6 nitrogen and oxygen atoms in total. The zero-order valence-corrected chi connectivity index (χ0v) is 18.5. The number of piperazine rings is 1. The van der Waals surface area contributed by atoms with E-state index in [0.717, 1.165) is 56.9 Å². The lowest BCUT2D eigenvalue weighted by Gasteiger charge is -2.51. The lowest BCUT2D eigenvalue weighted by Crippen LogP contribution is -2.64. The first-order valence-electron chi connectivity index (χ1n) is 9.57. The van der Waals surface area contributed by atoms with Crippen LogP contribution in [0.3, 0.4) is 0 Å². The van der Waals surface area contributed by atoms with Crippen LogP contribution < -0.4 is 10.1 Å². The number of rotatable bonds is 3. The molecule has 2 aliphatic heterocycles. The quantitative estimate of drug-likeness (QED) is 0.791. The van der Waals surface area contributed by atoms with Gasteiger partial charge >= 0.3 is 0 Å². The summed E-state index contributed by atoms with van der Waals surface area (Å²) in [6, 6.07) is 11.3. The van der Waals surface area contributed by atoms with Gasteiger partial charge in [0.1, 0.15) is 11.5 Å². The van der Waals surface area contributed by atoms with Crippen molar-refractivity contribution in [3.63, 3.8) is 0 Å². The summed E-state index contributed by atoms with van der Waals surface area (Å²) in [5.74, 6) is 1.90. The number of hydrogen-bond acceptors (Lipinski definition) is 5. The second kappa shape index (κ2) is 9.85. The van der Waals surface area contributed by atoms with E-state index in [-0.39, 0.29) is 36.3 Å². The molecule has 0 bridgehead atoms. The van der Waals surface area contributed by atoms with Gasteiger partial charge in [0.25, 0.3) is 5.91 Å². The normalized spacial score (nSPS) is 18.6. The van der Waals surface area contributed by atoms with Crippen LogP contribution in [-0.4, -0.2) is 68.1 Å². The van der Waals surface area contributed by atoms with E-state index in [4.69, 9.17) is 9.15 Å². The zero-order valence-electron chi connectivity index (χ0n) is 16.8. The highest BCUT2D eigenvalue weighted by atomic mass is 35.5. The van der Waals surface area contributed by atoms with Crippen molar-refractivity contribution in [3.8, 4) is 17.1 Å². The number of piperidine rings is 1. The molecule has 3 heterocycles. The molecule has 1 aromatic carbocycles. The molecule has 0 radical (unpaired) electrons. The number of benzene rings is 1. The number of amides is 1. The average molecular weight is 442 g/mol. The number of nitrogens with zero attached hydrogens (tertiary/aromatic N) is 2. The topological polar surface area (TPSA) is 58.0 Å². The average Bonchev–Trinajstić information content (AvgIpc) is 3.21. The molecular weight excluding hydrogens is 413 g/mol. The third-order valence-electron chi connectivity index (χ3n) is 6.01. The lowest BCUT2D eigenvalue weighted by molar-refractivity contribution is -0.00222. The van der Waals surface area contributed by atoms with Crippen LogP contribution in [0.5, 0.6) is 5.75 Å². The molecule has 0 aliphatic carbocycles. The fourth-order valence-corrected chi connectivity index (χ4v) is 4.19. The molecule has 1 N–H and O–H groups in total. The van der Waals surface area contributed by atoms with E-state index in [1.54, 1.807) is 13.2 Å². The summed E-state index contributed by atoms with van der Waals surface area (Å²) in [6.07, 6.45) is 2.14. The van der Waals surface area contributed by atoms with E-state index in [0.29, 0.717) is 11.5 Å². The largest absolute Gasteiger partial charge is 0.497 e. The minimum Gasteiger partial charge on any atom is -0.497 e. The summed E-state index contributed by atoms with van der Waals surface area (Å²) in [5.41, 5.74) is 1.02. The van der Waals surface area contributed by atoms with Crippen LogP contribution in [0.2, 0.25) is 0 Å². The van der Waals surface area contributed by atoms with E-state index in [9.17, 15) is 4.79 Å². The van der Waals surface area contributed by atoms with E-state index in [1.165, 1.54) is 0 Å². The lowest BCUT2D eigenvalue weighted by atomic mass is 9.84. The molecule has 160 valence electrons. The van der Waals surface area contributed by atoms with Gasteiger partial charge in [-0.05, 0) is 69.4 Å². The number of methoxy groups -OCH3 is 1. The Balaban J connectivity index is 0.00000150. The second-order valence-corrected chi connectivity index (χ2v) is 7.52. The third-order valence-corrected chi connectivity index (χ3v) is 6.01. The molecule has 29 heavy (non-hydrogen) atoms. The van der Waals surface area contributed by atoms with Crippen molar-refractivity contribution < 1.29 is 13.9 Å². The molecule has 0 atom stereocenters. The maximum atomic E-state index is 13.1. The van der Waals surface area contributed by atoms with Gasteiger partial charge < -0.3 is 19.4 Å². The Morgan fingerprint density at radius 2 is 1.76 bits per heavy atom. The molecule has 1 aromatic heterocycles. The molecule has 1 spiro atoms. The molecule has 2 aromatic rings. The van der Waals surface area contributed by atoms with Crippen molar-refractivity contribution in [2.24, 2.45) is 0 Å². The highest BCUT2D eigenvalue weighted by molar-refractivity contribution is 5.92. The first-order chi connectivity index (χ1) is 13.1. The van der Waals surface area contributed by atoms with Crippen LogP contribution in [0.1, 0.15) is 23.4 Å². The van der Waals surface area contributed by atoms with Gasteiger partial charge in [-0.2, -0.15) is 0 Å². The maximum Gasteiger partial charge on any atom is 0.289 e. The molecule has 0 saturated carbocycles. The number of carbonyl (C=O) groups is 1. The van der Waals surface area contributed by atoms with Gasteiger partial charge in [-0.15, -0.1) is 24.8 Å². The summed E-state index contributed by atoms with van der Waals surface area (Å²) in [4.78, 5) is 17.4. The van der Waals surface area contributed by atoms with E-state index in [2.05, 4.69) is 17.3 Å². The Morgan fingerprint density at radius 1 is 1.07 bits per heavy atom. The number of carbonyl (C=O) groups excluding carboxylic acids is 1. The van der Waals surface area contributed by atoms with Gasteiger partial charge in [-0.1, -0.05) is 0 Å². The van der Waals surface area contributed by atoms with Crippen LogP contribution >= 0.6 is 24.8 Å². The Bertz CT molecular complexity index is 804. The fourth-order valence-electron chi connectivity index (χ4n) is 4.19. The number of ether oxygens (including phenoxy) is 1. The fraction of sp³-hybridized carbons (Fsp3) is 0.476. The minimum absolute atomic E-state index is 0. The number of likely N-dealkylation sites (N-methyl/N-ethyl adjacent to an activating group) is 1. The molecule has 2 saturated heterocycles. The number of furan rings is 1. The smallest absolute Gasteiger partial charge is 0.289 e. The van der Waals surface area contributed by atoms with Gasteiger partial charge in [0.15, 0.2) is 5.76 Å². The summed E-state index contributed by atoms with van der Waals surface area (Å²) in [7, 11) is 3.83. The zero-order chi connectivity index (χ0) is 18.9. The van der Waals surface area contributed by atoms with Gasteiger partial charge in [-0.25, -0.2) is 0 Å². The standard InChI is InChI=1S/C21H27N3O3.2ClH/c1-23-13-14-24(15-21(23)9-11-22-12-10-21)20(25)19-8-7-18(27-19)16-3-5-17(26-2)6-4-16;;/h3-8,22H,9-15H2,1-2H3;2*1H. The molecule has 0 unspecified atom stereocenters. The monoisotopic (exact) mass is 441 g/mol. The maximum absolute atomic E-state index is 13.1. The summed E-state index contributed by atoms with van der Waals surface area (Å²) >= 11 is 0. The van der Waals surface area contributed by atoms with Crippen LogP contribution in [0, 0.1) is 0 Å². The summed E-state index contributed by atoms with van der Waals surface area (Å²) < 4.78 is 11.1. The summed E-state index contributed by atoms with van der Waals surface area (Å²) in [6.45, 7) is 4.42. The van der Waals surface area contributed by atoms with Crippen LogP contribution in [-0.2, 0) is 0 Å². The van der Waals surface area contributed by atoms with Gasteiger partial charge in [0, 0.05) is 30.7 Å². The van der Waals surface area contributed by atoms with Gasteiger partial charge in [-0.3, -0.25) is 9.69 Å². The van der Waals surface area contributed by atoms with Crippen molar-refractivity contribution in [1.29, 1.82) is 0 Å². The first-order valence-corrected chi connectivity index (χ1v) is 9.57. The third kappa shape index (κ3) is 4.72. The van der Waals surface area contributed by atoms with Crippen molar-refractivity contribution in [2.75, 3.05) is 46.9 Å². The Labute approximate surface area is 184 Å². The molecule has 8 heteroatoms. The van der Waals surface area contributed by atoms with E-state index >= 15 is 0 Å². The summed E-state index contributed by atoms with van der Waals surface area (Å²) in [5, 5.41) is 3.42. The van der Waals surface area contributed by atoms with E-state index < -0.39 is 0 Å². The van der Waals surface area contributed by atoms with Crippen molar-refractivity contribution in [3.05, 3.63) is 42.2 Å². The highest BCUT2D eigenvalue weighted by Crippen LogP contribution is 2.31. The SMILES string of the molecule is COc1ccc(-c2ccc(C(=O)N3CCN(C)C4(CCNCC4)C3)o2)cc1.Cl.Cl. The molecule has 4 rings (SSSR count).